The highest BCUT2D eigenvalue weighted by Gasteiger charge is 2.33. The Labute approximate surface area is 87.2 Å². The minimum Gasteiger partial charge on any atom is -0.291 e. The Morgan fingerprint density at radius 1 is 1.21 bits per heavy atom. The van der Waals surface area contributed by atoms with Gasteiger partial charge in [0.25, 0.3) is 0 Å². The Bertz CT molecular complexity index is 172. The third-order valence-corrected chi connectivity index (χ3v) is 2.92. The predicted octanol–water partition coefficient (Wildman–Crippen LogP) is 3.03. The lowest BCUT2D eigenvalue weighted by molar-refractivity contribution is -0.149. The average Bonchev–Trinajstić information content (AvgIpc) is 2.27. The van der Waals surface area contributed by atoms with Crippen molar-refractivity contribution >= 4 is 11.6 Å². The first kappa shape index (κ1) is 12.1. The first-order valence-electron chi connectivity index (χ1n) is 4.89. The molecule has 0 spiro atoms. The molecule has 1 unspecified atom stereocenters. The molecule has 1 rings (SSSR count). The highest BCUT2D eigenvalue weighted by atomic mass is 35.5. The second kappa shape index (κ2) is 5.21. The van der Waals surface area contributed by atoms with Gasteiger partial charge in [0.05, 0.1) is 6.54 Å². The van der Waals surface area contributed by atoms with Gasteiger partial charge < -0.3 is 0 Å². The van der Waals surface area contributed by atoms with Crippen LogP contribution in [0.5, 0.6) is 0 Å². The fraction of sp³-hybridized carbons (Fsp3) is 1.00. The van der Waals surface area contributed by atoms with E-state index >= 15 is 0 Å². The first-order valence-corrected chi connectivity index (χ1v) is 5.43. The number of likely N-dealkylation sites (tertiary alicyclic amines) is 1. The summed E-state index contributed by atoms with van der Waals surface area (Å²) in [6.45, 7) is -0.290. The van der Waals surface area contributed by atoms with Crippen LogP contribution >= 0.6 is 11.6 Å². The van der Waals surface area contributed by atoms with Gasteiger partial charge in [-0.3, -0.25) is 4.90 Å². The molecule has 0 aromatic carbocycles. The normalized spacial score (nSPS) is 26.1. The van der Waals surface area contributed by atoms with Crippen molar-refractivity contribution in [1.29, 1.82) is 0 Å². The SMILES string of the molecule is FC(F)(F)CN1CCCCCC1CCl. The minimum atomic E-state index is -4.10. The minimum absolute atomic E-state index is 0.0965. The Morgan fingerprint density at radius 2 is 1.93 bits per heavy atom. The van der Waals surface area contributed by atoms with E-state index < -0.39 is 12.7 Å². The molecular formula is C9H15ClF3N. The zero-order valence-corrected chi connectivity index (χ0v) is 8.74. The van der Waals surface area contributed by atoms with Gasteiger partial charge in [0, 0.05) is 11.9 Å². The Hall–Kier alpha value is 0.0400. The predicted molar refractivity (Wildman–Crippen MR) is 50.6 cm³/mol. The van der Waals surface area contributed by atoms with E-state index in [0.717, 1.165) is 25.7 Å². The third-order valence-electron chi connectivity index (χ3n) is 2.56. The molecule has 0 bridgehead atoms. The van der Waals surface area contributed by atoms with Crippen molar-refractivity contribution in [2.24, 2.45) is 0 Å². The van der Waals surface area contributed by atoms with Crippen LogP contribution in [0.25, 0.3) is 0 Å². The van der Waals surface area contributed by atoms with Crippen molar-refractivity contribution in [3.63, 3.8) is 0 Å². The van der Waals surface area contributed by atoms with Gasteiger partial charge in [-0.05, 0) is 19.4 Å². The molecule has 1 aliphatic rings. The zero-order valence-electron chi connectivity index (χ0n) is 7.99. The molecule has 0 amide bonds. The van der Waals surface area contributed by atoms with E-state index in [1.807, 2.05) is 0 Å². The molecule has 5 heteroatoms. The topological polar surface area (TPSA) is 3.24 Å². The van der Waals surface area contributed by atoms with E-state index in [1.165, 1.54) is 4.90 Å². The fourth-order valence-corrected chi connectivity index (χ4v) is 2.20. The summed E-state index contributed by atoms with van der Waals surface area (Å²) in [7, 11) is 0. The second-order valence-corrected chi connectivity index (χ2v) is 4.05. The molecule has 1 nitrogen and oxygen atoms in total. The molecule has 1 aliphatic heterocycles. The smallest absolute Gasteiger partial charge is 0.291 e. The quantitative estimate of drug-likeness (QED) is 0.658. The monoisotopic (exact) mass is 229 g/mol. The van der Waals surface area contributed by atoms with Crippen molar-refractivity contribution < 1.29 is 13.2 Å². The Balaban J connectivity index is 2.52. The molecule has 0 aromatic heterocycles. The molecule has 0 N–H and O–H groups in total. The lowest BCUT2D eigenvalue weighted by atomic mass is 10.1. The fourth-order valence-electron chi connectivity index (χ4n) is 1.85. The van der Waals surface area contributed by atoms with Crippen LogP contribution < -0.4 is 0 Å². The molecule has 0 saturated carbocycles. The summed E-state index contributed by atoms with van der Waals surface area (Å²) >= 11 is 5.67. The third kappa shape index (κ3) is 4.05. The summed E-state index contributed by atoms with van der Waals surface area (Å²) in [6, 6.07) is -0.0965. The van der Waals surface area contributed by atoms with Gasteiger partial charge in [0.15, 0.2) is 0 Å². The molecular weight excluding hydrogens is 215 g/mol. The lowest BCUT2D eigenvalue weighted by Crippen LogP contribution is -2.42. The Morgan fingerprint density at radius 3 is 2.50 bits per heavy atom. The van der Waals surface area contributed by atoms with Crippen LogP contribution in [0.3, 0.4) is 0 Å². The van der Waals surface area contributed by atoms with E-state index in [4.69, 9.17) is 11.6 Å². The summed E-state index contributed by atoms with van der Waals surface area (Å²) in [5.74, 6) is 0.302. The zero-order chi connectivity index (χ0) is 10.6. The number of hydrogen-bond acceptors (Lipinski definition) is 1. The van der Waals surface area contributed by atoms with E-state index in [2.05, 4.69) is 0 Å². The second-order valence-electron chi connectivity index (χ2n) is 3.74. The number of nitrogens with zero attached hydrogens (tertiary/aromatic N) is 1. The van der Waals surface area contributed by atoms with Crippen molar-refractivity contribution in [2.45, 2.75) is 37.9 Å². The summed E-state index contributed by atoms with van der Waals surface area (Å²) in [5.41, 5.74) is 0. The largest absolute Gasteiger partial charge is 0.401 e. The van der Waals surface area contributed by atoms with Crippen LogP contribution in [-0.4, -0.2) is 36.1 Å². The van der Waals surface area contributed by atoms with Crippen LogP contribution in [0.4, 0.5) is 13.2 Å². The van der Waals surface area contributed by atoms with Crippen LogP contribution in [0.1, 0.15) is 25.7 Å². The molecule has 1 saturated heterocycles. The lowest BCUT2D eigenvalue weighted by Gasteiger charge is -2.28. The number of rotatable bonds is 2. The van der Waals surface area contributed by atoms with E-state index in [1.54, 1.807) is 0 Å². The number of halogens is 4. The molecule has 1 atom stereocenters. The van der Waals surface area contributed by atoms with Crippen molar-refractivity contribution in [3.05, 3.63) is 0 Å². The molecule has 0 aliphatic carbocycles. The van der Waals surface area contributed by atoms with Gasteiger partial charge in [0.1, 0.15) is 0 Å². The van der Waals surface area contributed by atoms with Crippen LogP contribution in [0.2, 0.25) is 0 Å². The molecule has 14 heavy (non-hydrogen) atoms. The van der Waals surface area contributed by atoms with Gasteiger partial charge in [0.2, 0.25) is 0 Å². The molecule has 84 valence electrons. The summed E-state index contributed by atoms with van der Waals surface area (Å²) in [5, 5.41) is 0. The van der Waals surface area contributed by atoms with Gasteiger partial charge in [-0.1, -0.05) is 12.8 Å². The van der Waals surface area contributed by atoms with E-state index in [9.17, 15) is 13.2 Å². The van der Waals surface area contributed by atoms with E-state index in [-0.39, 0.29) is 6.04 Å². The van der Waals surface area contributed by atoms with Crippen LogP contribution in [0.15, 0.2) is 0 Å². The van der Waals surface area contributed by atoms with Gasteiger partial charge in [-0.15, -0.1) is 11.6 Å². The summed E-state index contributed by atoms with van der Waals surface area (Å²) in [4.78, 5) is 1.47. The van der Waals surface area contributed by atoms with Gasteiger partial charge in [-0.2, -0.15) is 13.2 Å². The summed E-state index contributed by atoms with van der Waals surface area (Å²) in [6.07, 6.45) is -0.453. The standard InChI is InChI=1S/C9H15ClF3N/c10-6-8-4-2-1-3-5-14(8)7-9(11,12)13/h8H,1-7H2. The van der Waals surface area contributed by atoms with Crippen molar-refractivity contribution in [2.75, 3.05) is 19.0 Å². The highest BCUT2D eigenvalue weighted by Crippen LogP contribution is 2.23. The molecule has 0 aromatic rings. The first-order chi connectivity index (χ1) is 6.53. The van der Waals surface area contributed by atoms with Crippen molar-refractivity contribution in [1.82, 2.24) is 4.90 Å². The van der Waals surface area contributed by atoms with Gasteiger partial charge in [-0.25, -0.2) is 0 Å². The molecule has 0 radical (unpaired) electrons. The maximum Gasteiger partial charge on any atom is 0.401 e. The number of hydrogen-bond donors (Lipinski definition) is 0. The number of alkyl halides is 4. The Kier molecular flexibility index (Phi) is 4.51. The maximum atomic E-state index is 12.2. The maximum absolute atomic E-state index is 12.2. The van der Waals surface area contributed by atoms with Crippen molar-refractivity contribution in [3.8, 4) is 0 Å². The van der Waals surface area contributed by atoms with Crippen LogP contribution in [-0.2, 0) is 0 Å². The molecule has 1 fully saturated rings. The summed E-state index contributed by atoms with van der Waals surface area (Å²) < 4.78 is 36.6. The van der Waals surface area contributed by atoms with Gasteiger partial charge >= 0.3 is 6.18 Å². The highest BCUT2D eigenvalue weighted by molar-refractivity contribution is 6.18. The van der Waals surface area contributed by atoms with E-state index in [0.29, 0.717) is 12.4 Å². The van der Waals surface area contributed by atoms with Crippen LogP contribution in [0, 0.1) is 0 Å². The average molecular weight is 230 g/mol. The molecule has 1 heterocycles.